The molecule has 0 unspecified atom stereocenters. The minimum absolute atomic E-state index is 0.540. The molecule has 4 nitrogen and oxygen atoms in total. The molecule has 0 aliphatic rings. The molecule has 0 aliphatic heterocycles. The largest absolute Gasteiger partial charge is 0.437 e. The van der Waals surface area contributed by atoms with Gasteiger partial charge in [-0.3, -0.25) is 4.98 Å². The Morgan fingerprint density at radius 1 is 1.32 bits per heavy atom. The van der Waals surface area contributed by atoms with E-state index >= 15 is 0 Å². The van der Waals surface area contributed by atoms with Gasteiger partial charge in [-0.15, -0.1) is 0 Å². The SMILES string of the molecule is CCCNCc1cccc(Oc2cncc(Cl)c2)n1. The van der Waals surface area contributed by atoms with Crippen LogP contribution in [0.15, 0.2) is 36.7 Å². The fourth-order valence-electron chi connectivity index (χ4n) is 1.58. The summed E-state index contributed by atoms with van der Waals surface area (Å²) in [5.74, 6) is 1.12. The maximum Gasteiger partial charge on any atom is 0.219 e. The summed E-state index contributed by atoms with van der Waals surface area (Å²) in [5.41, 5.74) is 0.945. The number of nitrogens with one attached hydrogen (secondary N) is 1. The van der Waals surface area contributed by atoms with E-state index < -0.39 is 0 Å². The summed E-state index contributed by atoms with van der Waals surface area (Å²) in [6.45, 7) is 3.84. The Hall–Kier alpha value is -1.65. The van der Waals surface area contributed by atoms with E-state index in [2.05, 4.69) is 22.2 Å². The van der Waals surface area contributed by atoms with Gasteiger partial charge in [0.2, 0.25) is 5.88 Å². The van der Waals surface area contributed by atoms with Crippen LogP contribution in [0.25, 0.3) is 0 Å². The second-order valence-electron chi connectivity index (χ2n) is 4.08. The van der Waals surface area contributed by atoms with Crippen LogP contribution in [0, 0.1) is 0 Å². The van der Waals surface area contributed by atoms with Crippen LogP contribution in [-0.4, -0.2) is 16.5 Å². The number of hydrogen-bond acceptors (Lipinski definition) is 4. The summed E-state index contributed by atoms with van der Waals surface area (Å²) in [7, 11) is 0. The highest BCUT2D eigenvalue weighted by Gasteiger charge is 2.01. The molecule has 0 bridgehead atoms. The number of ether oxygens (including phenoxy) is 1. The first-order chi connectivity index (χ1) is 9.28. The Morgan fingerprint density at radius 3 is 3.00 bits per heavy atom. The van der Waals surface area contributed by atoms with Crippen LogP contribution < -0.4 is 10.1 Å². The molecular weight excluding hydrogens is 262 g/mol. The third kappa shape index (κ3) is 4.50. The zero-order valence-corrected chi connectivity index (χ0v) is 11.5. The van der Waals surface area contributed by atoms with Crippen molar-refractivity contribution in [1.82, 2.24) is 15.3 Å². The van der Waals surface area contributed by atoms with Gasteiger partial charge in [0.1, 0.15) is 5.75 Å². The molecule has 19 heavy (non-hydrogen) atoms. The molecule has 0 saturated carbocycles. The Balaban J connectivity index is 2.02. The quantitative estimate of drug-likeness (QED) is 0.822. The Morgan fingerprint density at radius 2 is 2.21 bits per heavy atom. The molecule has 0 amide bonds. The number of halogens is 1. The molecule has 5 heteroatoms. The minimum Gasteiger partial charge on any atom is -0.437 e. The molecule has 0 aromatic carbocycles. The molecular formula is C14H16ClN3O. The number of rotatable bonds is 6. The van der Waals surface area contributed by atoms with E-state index in [1.165, 1.54) is 0 Å². The molecule has 2 aromatic rings. The molecule has 1 N–H and O–H groups in total. The van der Waals surface area contributed by atoms with Crippen molar-refractivity contribution in [1.29, 1.82) is 0 Å². The van der Waals surface area contributed by atoms with Crippen molar-refractivity contribution in [3.05, 3.63) is 47.4 Å². The summed E-state index contributed by atoms with van der Waals surface area (Å²) in [4.78, 5) is 8.38. The molecule has 0 atom stereocenters. The highest BCUT2D eigenvalue weighted by molar-refractivity contribution is 6.30. The summed E-state index contributed by atoms with van der Waals surface area (Å²) in [6.07, 6.45) is 4.27. The zero-order valence-electron chi connectivity index (χ0n) is 10.8. The zero-order chi connectivity index (χ0) is 13.5. The number of nitrogens with zero attached hydrogens (tertiary/aromatic N) is 2. The third-order valence-corrected chi connectivity index (χ3v) is 2.62. The summed E-state index contributed by atoms with van der Waals surface area (Å²) < 4.78 is 5.62. The van der Waals surface area contributed by atoms with Crippen molar-refractivity contribution in [2.24, 2.45) is 0 Å². The van der Waals surface area contributed by atoms with E-state index in [-0.39, 0.29) is 0 Å². The van der Waals surface area contributed by atoms with E-state index in [4.69, 9.17) is 16.3 Å². The fourth-order valence-corrected chi connectivity index (χ4v) is 1.74. The topological polar surface area (TPSA) is 47.0 Å². The third-order valence-electron chi connectivity index (χ3n) is 2.42. The maximum atomic E-state index is 5.85. The molecule has 0 fully saturated rings. The summed E-state index contributed by atoms with van der Waals surface area (Å²) in [5, 5.41) is 3.84. The van der Waals surface area contributed by atoms with Crippen LogP contribution >= 0.6 is 11.6 Å². The monoisotopic (exact) mass is 277 g/mol. The molecule has 0 saturated heterocycles. The Kier molecular flexibility index (Phi) is 5.12. The van der Waals surface area contributed by atoms with Crippen molar-refractivity contribution in [2.75, 3.05) is 6.54 Å². The van der Waals surface area contributed by atoms with Crippen LogP contribution in [0.5, 0.6) is 11.6 Å². The predicted molar refractivity (Wildman–Crippen MR) is 75.6 cm³/mol. The molecule has 0 aliphatic carbocycles. The van der Waals surface area contributed by atoms with E-state index in [0.717, 1.165) is 25.2 Å². The van der Waals surface area contributed by atoms with Crippen LogP contribution in [0.1, 0.15) is 19.0 Å². The molecule has 0 radical (unpaired) electrons. The van der Waals surface area contributed by atoms with Gasteiger partial charge in [-0.1, -0.05) is 24.6 Å². The normalized spacial score (nSPS) is 10.4. The lowest BCUT2D eigenvalue weighted by molar-refractivity contribution is 0.457. The number of aromatic nitrogens is 2. The van der Waals surface area contributed by atoms with Crippen LogP contribution in [0.2, 0.25) is 5.02 Å². The van der Waals surface area contributed by atoms with Crippen molar-refractivity contribution >= 4 is 11.6 Å². The predicted octanol–water partition coefficient (Wildman–Crippen LogP) is 3.42. The maximum absolute atomic E-state index is 5.85. The lowest BCUT2D eigenvalue weighted by Crippen LogP contribution is -2.14. The van der Waals surface area contributed by atoms with Gasteiger partial charge >= 0.3 is 0 Å². The van der Waals surface area contributed by atoms with Crippen molar-refractivity contribution in [3.63, 3.8) is 0 Å². The lowest BCUT2D eigenvalue weighted by atomic mass is 10.3. The standard InChI is InChI=1S/C14H16ClN3O/c1-2-6-16-9-12-4-3-5-14(18-12)19-13-7-11(15)8-17-10-13/h3-5,7-8,10,16H,2,6,9H2,1H3. The van der Waals surface area contributed by atoms with E-state index in [1.807, 2.05) is 18.2 Å². The van der Waals surface area contributed by atoms with E-state index in [1.54, 1.807) is 18.5 Å². The molecule has 100 valence electrons. The van der Waals surface area contributed by atoms with Gasteiger partial charge in [-0.05, 0) is 19.0 Å². The van der Waals surface area contributed by atoms with Crippen LogP contribution in [-0.2, 0) is 6.54 Å². The Labute approximate surface area is 117 Å². The van der Waals surface area contributed by atoms with Gasteiger partial charge in [-0.25, -0.2) is 4.98 Å². The number of hydrogen-bond donors (Lipinski definition) is 1. The fraction of sp³-hybridized carbons (Fsp3) is 0.286. The second kappa shape index (κ2) is 7.07. The molecule has 2 rings (SSSR count). The first kappa shape index (κ1) is 13.8. The van der Waals surface area contributed by atoms with Gasteiger partial charge in [0.15, 0.2) is 0 Å². The lowest BCUT2D eigenvalue weighted by Gasteiger charge is -2.07. The highest BCUT2D eigenvalue weighted by atomic mass is 35.5. The first-order valence-electron chi connectivity index (χ1n) is 6.23. The average Bonchev–Trinajstić information content (AvgIpc) is 2.39. The molecule has 2 heterocycles. The van der Waals surface area contributed by atoms with Crippen molar-refractivity contribution in [2.45, 2.75) is 19.9 Å². The molecule has 2 aromatic heterocycles. The van der Waals surface area contributed by atoms with Crippen molar-refractivity contribution in [3.8, 4) is 11.6 Å². The highest BCUT2D eigenvalue weighted by Crippen LogP contribution is 2.21. The second-order valence-corrected chi connectivity index (χ2v) is 4.52. The summed E-state index contributed by atoms with van der Waals surface area (Å²) >= 11 is 5.85. The smallest absolute Gasteiger partial charge is 0.219 e. The van der Waals surface area contributed by atoms with Gasteiger partial charge in [0.25, 0.3) is 0 Å². The van der Waals surface area contributed by atoms with E-state index in [0.29, 0.717) is 16.7 Å². The van der Waals surface area contributed by atoms with E-state index in [9.17, 15) is 0 Å². The van der Waals surface area contributed by atoms with Gasteiger partial charge in [0.05, 0.1) is 16.9 Å². The van der Waals surface area contributed by atoms with Gasteiger partial charge in [0, 0.05) is 24.9 Å². The van der Waals surface area contributed by atoms with Gasteiger partial charge in [-0.2, -0.15) is 0 Å². The van der Waals surface area contributed by atoms with Crippen LogP contribution in [0.3, 0.4) is 0 Å². The number of pyridine rings is 2. The first-order valence-corrected chi connectivity index (χ1v) is 6.61. The Bertz CT molecular complexity index is 534. The van der Waals surface area contributed by atoms with Gasteiger partial charge < -0.3 is 10.1 Å². The minimum atomic E-state index is 0.540. The molecule has 0 spiro atoms. The average molecular weight is 278 g/mol. The van der Waals surface area contributed by atoms with Crippen molar-refractivity contribution < 1.29 is 4.74 Å². The van der Waals surface area contributed by atoms with Crippen LogP contribution in [0.4, 0.5) is 0 Å². The summed E-state index contributed by atoms with van der Waals surface area (Å²) in [6, 6.07) is 7.40.